The van der Waals surface area contributed by atoms with Crippen molar-refractivity contribution in [1.29, 1.82) is 0 Å². The van der Waals surface area contributed by atoms with Gasteiger partial charge in [-0.1, -0.05) is 61.5 Å². The zero-order valence-electron chi connectivity index (χ0n) is 21.7. The summed E-state index contributed by atoms with van der Waals surface area (Å²) in [5.41, 5.74) is 3.59. The summed E-state index contributed by atoms with van der Waals surface area (Å²) in [5, 5.41) is 0. The third-order valence-corrected chi connectivity index (χ3v) is 5.87. The van der Waals surface area contributed by atoms with E-state index >= 15 is 0 Å². The normalized spacial score (nSPS) is 12.0. The fourth-order valence-electron chi connectivity index (χ4n) is 4.23. The lowest BCUT2D eigenvalue weighted by Gasteiger charge is -2.26. The highest BCUT2D eigenvalue weighted by atomic mass is 16.5. The fourth-order valence-corrected chi connectivity index (χ4v) is 4.23. The van der Waals surface area contributed by atoms with Crippen LogP contribution in [0.15, 0.2) is 78.9 Å². The zero-order valence-corrected chi connectivity index (χ0v) is 21.7. The van der Waals surface area contributed by atoms with Crippen LogP contribution in [-0.2, 0) is 11.3 Å². The van der Waals surface area contributed by atoms with Gasteiger partial charge in [-0.05, 0) is 75.1 Å². The van der Waals surface area contributed by atoms with Crippen LogP contribution in [0.25, 0.3) is 0 Å². The predicted octanol–water partition coefficient (Wildman–Crippen LogP) is 7.22. The Labute approximate surface area is 210 Å². The van der Waals surface area contributed by atoms with Crippen molar-refractivity contribution in [2.75, 3.05) is 6.54 Å². The largest absolute Gasteiger partial charge is 0.491 e. The Morgan fingerprint density at radius 3 is 1.77 bits per heavy atom. The van der Waals surface area contributed by atoms with Crippen molar-refractivity contribution in [1.82, 2.24) is 4.90 Å². The van der Waals surface area contributed by atoms with Crippen LogP contribution in [0.4, 0.5) is 0 Å². The fraction of sp³-hybridized carbons (Fsp3) is 0.387. The lowest BCUT2D eigenvalue weighted by Crippen LogP contribution is -2.31. The first-order chi connectivity index (χ1) is 16.9. The van der Waals surface area contributed by atoms with Crippen LogP contribution in [-0.4, -0.2) is 29.6 Å². The smallest absolute Gasteiger partial charge is 0.222 e. The van der Waals surface area contributed by atoms with Gasteiger partial charge >= 0.3 is 0 Å². The minimum absolute atomic E-state index is 0.139. The number of carbonyl (C=O) groups excluding carboxylic acids is 1. The lowest BCUT2D eigenvalue weighted by atomic mass is 9.88. The van der Waals surface area contributed by atoms with Gasteiger partial charge in [0.2, 0.25) is 5.91 Å². The monoisotopic (exact) mass is 473 g/mol. The zero-order chi connectivity index (χ0) is 25.2. The molecule has 0 N–H and O–H groups in total. The second-order valence-electron chi connectivity index (χ2n) is 9.47. The van der Waals surface area contributed by atoms with Gasteiger partial charge in [-0.25, -0.2) is 0 Å². The minimum atomic E-state index is 0.139. The Hall–Kier alpha value is -3.27. The number of nitrogens with zero attached hydrogens (tertiary/aromatic N) is 1. The van der Waals surface area contributed by atoms with Gasteiger partial charge in [0.25, 0.3) is 0 Å². The SMILES string of the molecule is CCC(=O)N(CC[C@@H](c1ccccc1)c1ccc(OC(C)C)cc1)Cc1ccc(OC(C)C)cc1. The average molecular weight is 474 g/mol. The molecule has 35 heavy (non-hydrogen) atoms. The van der Waals surface area contributed by atoms with E-state index in [2.05, 4.69) is 48.5 Å². The van der Waals surface area contributed by atoms with Gasteiger partial charge in [0, 0.05) is 25.4 Å². The van der Waals surface area contributed by atoms with Crippen LogP contribution >= 0.6 is 0 Å². The van der Waals surface area contributed by atoms with Gasteiger partial charge in [0.1, 0.15) is 11.5 Å². The predicted molar refractivity (Wildman–Crippen MR) is 143 cm³/mol. The molecular formula is C31H39NO3. The Balaban J connectivity index is 1.76. The van der Waals surface area contributed by atoms with Crippen LogP contribution in [0.1, 0.15) is 70.1 Å². The maximum absolute atomic E-state index is 12.8. The second kappa shape index (κ2) is 13.0. The van der Waals surface area contributed by atoms with E-state index < -0.39 is 0 Å². The third-order valence-electron chi connectivity index (χ3n) is 5.87. The summed E-state index contributed by atoms with van der Waals surface area (Å²) in [5.74, 6) is 2.09. The van der Waals surface area contributed by atoms with Crippen LogP contribution < -0.4 is 9.47 Å². The van der Waals surface area contributed by atoms with Crippen LogP contribution in [0.5, 0.6) is 11.5 Å². The number of ether oxygens (including phenoxy) is 2. The molecule has 0 unspecified atom stereocenters. The number of rotatable bonds is 12. The molecule has 0 aliphatic carbocycles. The molecule has 0 bridgehead atoms. The molecule has 0 aromatic heterocycles. The topological polar surface area (TPSA) is 38.8 Å². The van der Waals surface area contributed by atoms with E-state index in [1.54, 1.807) is 0 Å². The molecule has 4 nitrogen and oxygen atoms in total. The third kappa shape index (κ3) is 8.17. The molecule has 186 valence electrons. The molecule has 0 aliphatic rings. The molecule has 1 amide bonds. The number of carbonyl (C=O) groups is 1. The molecule has 0 saturated carbocycles. The number of hydrogen-bond donors (Lipinski definition) is 0. The summed E-state index contributed by atoms with van der Waals surface area (Å²) >= 11 is 0. The van der Waals surface area contributed by atoms with Crippen molar-refractivity contribution in [3.63, 3.8) is 0 Å². The first-order valence-corrected chi connectivity index (χ1v) is 12.7. The van der Waals surface area contributed by atoms with E-state index in [1.165, 1.54) is 11.1 Å². The Morgan fingerprint density at radius 1 is 0.743 bits per heavy atom. The number of hydrogen-bond acceptors (Lipinski definition) is 3. The van der Waals surface area contributed by atoms with Crippen molar-refractivity contribution in [2.24, 2.45) is 0 Å². The van der Waals surface area contributed by atoms with Gasteiger partial charge < -0.3 is 14.4 Å². The highest BCUT2D eigenvalue weighted by molar-refractivity contribution is 5.75. The van der Waals surface area contributed by atoms with Gasteiger partial charge in [0.15, 0.2) is 0 Å². The highest BCUT2D eigenvalue weighted by Crippen LogP contribution is 2.30. The maximum atomic E-state index is 12.8. The molecule has 0 aliphatic heterocycles. The van der Waals surface area contributed by atoms with E-state index in [-0.39, 0.29) is 24.0 Å². The standard InChI is InChI=1S/C31H39NO3/c1-6-31(33)32(22-25-12-16-28(17-13-25)34-23(2)3)21-20-30(26-10-8-7-9-11-26)27-14-18-29(19-15-27)35-24(4)5/h7-19,23-24,30H,6,20-22H2,1-5H3/t30-/m0/s1. The van der Waals surface area contributed by atoms with Crippen molar-refractivity contribution >= 4 is 5.91 Å². The summed E-state index contributed by atoms with van der Waals surface area (Å²) in [6, 6.07) is 27.0. The van der Waals surface area contributed by atoms with E-state index in [4.69, 9.17) is 9.47 Å². The molecule has 3 aromatic rings. The summed E-state index contributed by atoms with van der Waals surface area (Å²) < 4.78 is 11.6. The Morgan fingerprint density at radius 2 is 1.26 bits per heavy atom. The van der Waals surface area contributed by atoms with E-state index in [0.717, 1.165) is 23.5 Å². The van der Waals surface area contributed by atoms with Crippen LogP contribution in [0.3, 0.4) is 0 Å². The minimum Gasteiger partial charge on any atom is -0.491 e. The quantitative estimate of drug-likeness (QED) is 0.279. The van der Waals surface area contributed by atoms with Crippen molar-refractivity contribution in [3.8, 4) is 11.5 Å². The van der Waals surface area contributed by atoms with Gasteiger partial charge in [0.05, 0.1) is 12.2 Å². The van der Waals surface area contributed by atoms with E-state index in [0.29, 0.717) is 19.5 Å². The first kappa shape index (κ1) is 26.3. The van der Waals surface area contributed by atoms with E-state index in [1.807, 2.05) is 69.9 Å². The highest BCUT2D eigenvalue weighted by Gasteiger charge is 2.19. The molecular weight excluding hydrogens is 434 g/mol. The number of amides is 1. The van der Waals surface area contributed by atoms with Crippen molar-refractivity contribution < 1.29 is 14.3 Å². The molecule has 0 fully saturated rings. The molecule has 4 heteroatoms. The summed E-state index contributed by atoms with van der Waals surface area (Å²) in [6.07, 6.45) is 1.62. The molecule has 0 saturated heterocycles. The van der Waals surface area contributed by atoms with Crippen LogP contribution in [0, 0.1) is 0 Å². The van der Waals surface area contributed by atoms with Crippen molar-refractivity contribution in [3.05, 3.63) is 95.6 Å². The van der Waals surface area contributed by atoms with Crippen molar-refractivity contribution in [2.45, 2.75) is 72.1 Å². The molecule has 3 aromatic carbocycles. The Kier molecular flexibility index (Phi) is 9.77. The summed E-state index contributed by atoms with van der Waals surface area (Å²) in [7, 11) is 0. The number of benzene rings is 3. The summed E-state index contributed by atoms with van der Waals surface area (Å²) in [4.78, 5) is 14.8. The lowest BCUT2D eigenvalue weighted by molar-refractivity contribution is -0.131. The molecule has 1 atom stereocenters. The van der Waals surface area contributed by atoms with Crippen LogP contribution in [0.2, 0.25) is 0 Å². The molecule has 0 radical (unpaired) electrons. The van der Waals surface area contributed by atoms with E-state index in [9.17, 15) is 4.79 Å². The average Bonchev–Trinajstić information content (AvgIpc) is 2.85. The molecule has 0 spiro atoms. The van der Waals surface area contributed by atoms with Gasteiger partial charge in [-0.2, -0.15) is 0 Å². The summed E-state index contributed by atoms with van der Waals surface area (Å²) in [6.45, 7) is 11.3. The first-order valence-electron chi connectivity index (χ1n) is 12.7. The Bertz CT molecular complexity index is 1030. The van der Waals surface area contributed by atoms with Gasteiger partial charge in [-0.15, -0.1) is 0 Å². The van der Waals surface area contributed by atoms with Gasteiger partial charge in [-0.3, -0.25) is 4.79 Å². The second-order valence-corrected chi connectivity index (χ2v) is 9.47. The maximum Gasteiger partial charge on any atom is 0.222 e. The molecule has 3 rings (SSSR count). The molecule has 0 heterocycles.